The van der Waals surface area contributed by atoms with Crippen LogP contribution in [0.1, 0.15) is 5.56 Å². The summed E-state index contributed by atoms with van der Waals surface area (Å²) in [6, 6.07) is 74.9. The van der Waals surface area contributed by atoms with E-state index in [0.29, 0.717) is 28.2 Å². The van der Waals surface area contributed by atoms with Crippen molar-refractivity contribution in [3.63, 3.8) is 0 Å². The molecule has 0 aliphatic heterocycles. The Morgan fingerprint density at radius 2 is 0.647 bits per heavy atom. The van der Waals surface area contributed by atoms with E-state index < -0.39 is 11.7 Å². The molecular formula is C62H38F3N3. The van der Waals surface area contributed by atoms with Gasteiger partial charge in [0.25, 0.3) is 0 Å². The molecule has 0 fully saturated rings. The summed E-state index contributed by atoms with van der Waals surface area (Å²) in [5.41, 5.74) is 12.1. The maximum absolute atomic E-state index is 16.0. The van der Waals surface area contributed by atoms with E-state index in [0.717, 1.165) is 88.1 Å². The Bertz CT molecular complexity index is 3520. The summed E-state index contributed by atoms with van der Waals surface area (Å²) in [5, 5.41) is 3.60. The summed E-state index contributed by atoms with van der Waals surface area (Å²) in [6.45, 7) is 8.12. The largest absolute Gasteiger partial charge is 0.416 e. The fraction of sp³-hybridized carbons (Fsp3) is 0.0161. The molecule has 0 aliphatic rings. The Morgan fingerprint density at radius 3 is 0.956 bits per heavy atom. The van der Waals surface area contributed by atoms with Crippen molar-refractivity contribution in [3.05, 3.63) is 248 Å². The Kier molecular flexibility index (Phi) is 9.67. The van der Waals surface area contributed by atoms with Gasteiger partial charge in [-0.15, -0.1) is 0 Å². The van der Waals surface area contributed by atoms with Crippen LogP contribution in [0.4, 0.5) is 18.9 Å². The molecule has 2 aromatic heterocycles. The van der Waals surface area contributed by atoms with Gasteiger partial charge in [0.15, 0.2) is 5.69 Å². The van der Waals surface area contributed by atoms with Crippen molar-refractivity contribution in [1.82, 2.24) is 9.13 Å². The smallest absolute Gasteiger partial charge is 0.308 e. The third kappa shape index (κ3) is 6.92. The second-order valence-corrected chi connectivity index (χ2v) is 17.1. The van der Waals surface area contributed by atoms with E-state index in [-0.39, 0.29) is 0 Å². The van der Waals surface area contributed by atoms with Crippen LogP contribution in [0.15, 0.2) is 231 Å². The van der Waals surface area contributed by atoms with E-state index in [9.17, 15) is 0 Å². The van der Waals surface area contributed by atoms with Gasteiger partial charge in [0, 0.05) is 27.1 Å². The number of nitrogens with zero attached hydrogens (tertiary/aromatic N) is 3. The van der Waals surface area contributed by atoms with E-state index in [1.165, 1.54) is 12.1 Å². The molecule has 0 amide bonds. The maximum atomic E-state index is 16.0. The van der Waals surface area contributed by atoms with E-state index in [1.807, 2.05) is 143 Å². The third-order valence-electron chi connectivity index (χ3n) is 13.1. The zero-order chi connectivity index (χ0) is 45.9. The van der Waals surface area contributed by atoms with Gasteiger partial charge in [-0.2, -0.15) is 13.2 Å². The van der Waals surface area contributed by atoms with Gasteiger partial charge in [0.1, 0.15) is 0 Å². The number of aromatic nitrogens is 2. The van der Waals surface area contributed by atoms with Gasteiger partial charge in [0.2, 0.25) is 0 Å². The van der Waals surface area contributed by atoms with Crippen molar-refractivity contribution in [2.45, 2.75) is 6.18 Å². The lowest BCUT2D eigenvalue weighted by molar-refractivity contribution is -0.137. The fourth-order valence-corrected chi connectivity index (χ4v) is 9.95. The van der Waals surface area contributed by atoms with E-state index in [4.69, 9.17) is 6.57 Å². The molecule has 68 heavy (non-hydrogen) atoms. The Morgan fingerprint density at radius 1 is 0.324 bits per heavy atom. The Hall–Kier alpha value is -8.92. The zero-order valence-electron chi connectivity index (χ0n) is 36.4. The van der Waals surface area contributed by atoms with E-state index in [2.05, 4.69) is 77.6 Å². The van der Waals surface area contributed by atoms with Crippen LogP contribution in [0.3, 0.4) is 0 Å². The lowest BCUT2D eigenvalue weighted by Crippen LogP contribution is -2.11. The number of alkyl halides is 3. The predicted molar refractivity (Wildman–Crippen MR) is 274 cm³/mol. The molecule has 0 unspecified atom stereocenters. The third-order valence-corrected chi connectivity index (χ3v) is 13.1. The van der Waals surface area contributed by atoms with Gasteiger partial charge in [-0.05, 0) is 92.5 Å². The summed E-state index contributed by atoms with van der Waals surface area (Å²) < 4.78 is 52.1. The number of rotatable bonds is 7. The maximum Gasteiger partial charge on any atom is 0.416 e. The molecule has 0 saturated heterocycles. The number of hydrogen-bond donors (Lipinski definition) is 0. The molecule has 10 aromatic carbocycles. The summed E-state index contributed by atoms with van der Waals surface area (Å²) in [7, 11) is 0. The Balaban J connectivity index is 1.28. The zero-order valence-corrected chi connectivity index (χ0v) is 36.4. The van der Waals surface area contributed by atoms with Gasteiger partial charge in [0.05, 0.1) is 45.6 Å². The second kappa shape index (κ2) is 16.2. The Labute approximate surface area is 390 Å². The molecule has 2 heterocycles. The number of hydrogen-bond acceptors (Lipinski definition) is 0. The molecular weight excluding hydrogens is 844 g/mol. The molecule has 0 saturated carbocycles. The summed E-state index contributed by atoms with van der Waals surface area (Å²) >= 11 is 0. The van der Waals surface area contributed by atoms with Crippen molar-refractivity contribution in [1.29, 1.82) is 0 Å². The molecule has 6 heteroatoms. The van der Waals surface area contributed by atoms with Crippen molar-refractivity contribution in [2.24, 2.45) is 0 Å². The van der Waals surface area contributed by atoms with Crippen LogP contribution in [0, 0.1) is 6.57 Å². The van der Waals surface area contributed by atoms with Gasteiger partial charge in [-0.1, -0.05) is 188 Å². The topological polar surface area (TPSA) is 14.2 Å². The number of fused-ring (bicyclic) bond motifs is 6. The van der Waals surface area contributed by atoms with Crippen molar-refractivity contribution < 1.29 is 13.2 Å². The molecule has 0 radical (unpaired) electrons. The normalized spacial score (nSPS) is 11.7. The minimum atomic E-state index is -4.74. The first-order valence-corrected chi connectivity index (χ1v) is 22.4. The molecule has 12 rings (SSSR count). The predicted octanol–water partition coefficient (Wildman–Crippen LogP) is 17.8. The molecule has 0 N–H and O–H groups in total. The minimum absolute atomic E-state index is 0.334. The first kappa shape index (κ1) is 40.6. The number of halogens is 3. The highest BCUT2D eigenvalue weighted by atomic mass is 19.4. The molecule has 0 aliphatic carbocycles. The van der Waals surface area contributed by atoms with Crippen LogP contribution in [0.5, 0.6) is 0 Å². The highest BCUT2D eigenvalue weighted by molar-refractivity contribution is 6.14. The first-order chi connectivity index (χ1) is 33.3. The van der Waals surface area contributed by atoms with Crippen LogP contribution >= 0.6 is 0 Å². The molecule has 12 aromatic rings. The molecule has 0 bridgehead atoms. The summed E-state index contributed by atoms with van der Waals surface area (Å²) in [6.07, 6.45) is -4.74. The van der Waals surface area contributed by atoms with Crippen LogP contribution in [0.25, 0.3) is 115 Å². The highest BCUT2D eigenvalue weighted by Crippen LogP contribution is 2.47. The average molecular weight is 882 g/mol. The quantitative estimate of drug-likeness (QED) is 0.142. The van der Waals surface area contributed by atoms with Gasteiger partial charge in [-0.3, -0.25) is 0 Å². The number of benzene rings is 10. The van der Waals surface area contributed by atoms with E-state index >= 15 is 13.2 Å². The summed E-state index contributed by atoms with van der Waals surface area (Å²) in [4.78, 5) is 3.84. The van der Waals surface area contributed by atoms with Crippen LogP contribution < -0.4 is 0 Å². The van der Waals surface area contributed by atoms with E-state index in [1.54, 1.807) is 12.1 Å². The summed E-state index contributed by atoms with van der Waals surface area (Å²) in [5.74, 6) is 0. The van der Waals surface area contributed by atoms with Gasteiger partial charge >= 0.3 is 6.18 Å². The monoisotopic (exact) mass is 881 g/mol. The SMILES string of the molecule is [C-]#[N+]c1cccc(-c2c(-n3c4cc(-c5ccccc5)ccc4c4ccc(-c5ccccc5)cc43)cc(C(F)(F)F)cc2-n2c3cc(-c4ccccc4)ccc3c3ccc(-c4ccccc4)cc32)c1. The van der Waals surface area contributed by atoms with Crippen LogP contribution in [-0.4, -0.2) is 9.13 Å². The second-order valence-electron chi connectivity index (χ2n) is 17.1. The minimum Gasteiger partial charge on any atom is -0.308 e. The molecule has 3 nitrogen and oxygen atoms in total. The van der Waals surface area contributed by atoms with Crippen LogP contribution in [-0.2, 0) is 6.18 Å². The van der Waals surface area contributed by atoms with Crippen molar-refractivity contribution in [2.75, 3.05) is 0 Å². The lowest BCUT2D eigenvalue weighted by Gasteiger charge is -2.23. The lowest BCUT2D eigenvalue weighted by atomic mass is 9.96. The highest BCUT2D eigenvalue weighted by Gasteiger charge is 2.34. The standard InChI is InChI=1S/C62H38F3N3/c1-66-50-24-14-23-48(33-50)61-59(67-55-34-44(40-15-6-2-7-16-40)25-29-51(55)52-30-26-45(35-56(52)67)41-17-8-3-9-18-41)38-49(62(63,64)65)39-60(61)68-57-36-46(42-19-10-4-11-20-42)27-31-53(57)54-32-28-47(37-58(54)68)43-21-12-5-13-22-43/h2-39H. The van der Waals surface area contributed by atoms with Crippen LogP contribution in [0.2, 0.25) is 0 Å². The first-order valence-electron chi connectivity index (χ1n) is 22.4. The van der Waals surface area contributed by atoms with Gasteiger partial charge in [-0.25, -0.2) is 4.85 Å². The van der Waals surface area contributed by atoms with Crippen molar-refractivity contribution in [3.8, 4) is 67.0 Å². The molecule has 322 valence electrons. The average Bonchev–Trinajstić information content (AvgIpc) is 3.90. The van der Waals surface area contributed by atoms with Gasteiger partial charge < -0.3 is 9.13 Å². The molecule has 0 spiro atoms. The van der Waals surface area contributed by atoms with Crippen molar-refractivity contribution >= 4 is 49.3 Å². The molecule has 0 atom stereocenters. The fourth-order valence-electron chi connectivity index (χ4n) is 9.95.